The SMILES string of the molecule is COc1ccc(CC(=O)N=C2SC3CS(=O)(=O)CC3N2c2c(C)cccc2C)cc1. The standard InChI is InChI=1S/C22H24N2O4S2/c1-14-5-4-6-15(2)21(14)24-18-12-30(26,27)13-19(18)29-22(24)23-20(25)11-16-7-9-17(28-3)10-8-16/h4-10,18-19H,11-13H2,1-3H3. The number of hydrogen-bond acceptors (Lipinski definition) is 5. The van der Waals surface area contributed by atoms with Crippen molar-refractivity contribution in [3.05, 3.63) is 59.2 Å². The molecule has 0 radical (unpaired) electrons. The second-order valence-electron chi connectivity index (χ2n) is 7.72. The van der Waals surface area contributed by atoms with Gasteiger partial charge in [0.15, 0.2) is 15.0 Å². The van der Waals surface area contributed by atoms with Crippen LogP contribution in [0.4, 0.5) is 5.69 Å². The summed E-state index contributed by atoms with van der Waals surface area (Å²) in [7, 11) is -1.49. The van der Waals surface area contributed by atoms with E-state index >= 15 is 0 Å². The van der Waals surface area contributed by atoms with Crippen LogP contribution in [0.25, 0.3) is 0 Å². The van der Waals surface area contributed by atoms with Gasteiger partial charge in [-0.3, -0.25) is 4.79 Å². The topological polar surface area (TPSA) is 76.0 Å². The zero-order valence-electron chi connectivity index (χ0n) is 17.2. The minimum atomic E-state index is -3.09. The maximum Gasteiger partial charge on any atom is 0.252 e. The molecule has 158 valence electrons. The van der Waals surface area contributed by atoms with Gasteiger partial charge in [-0.25, -0.2) is 8.42 Å². The van der Waals surface area contributed by atoms with Crippen LogP contribution in [-0.2, 0) is 21.1 Å². The van der Waals surface area contributed by atoms with E-state index in [1.54, 1.807) is 7.11 Å². The van der Waals surface area contributed by atoms with E-state index in [0.29, 0.717) is 5.17 Å². The number of fused-ring (bicyclic) bond motifs is 1. The summed E-state index contributed by atoms with van der Waals surface area (Å²) in [5, 5.41) is 0.484. The highest BCUT2D eigenvalue weighted by molar-refractivity contribution is 8.16. The molecule has 6 nitrogen and oxygen atoms in total. The molecule has 1 amide bonds. The molecule has 2 aliphatic heterocycles. The number of hydrogen-bond donors (Lipinski definition) is 0. The number of sulfone groups is 1. The van der Waals surface area contributed by atoms with Crippen molar-refractivity contribution >= 4 is 38.4 Å². The monoisotopic (exact) mass is 444 g/mol. The summed E-state index contributed by atoms with van der Waals surface area (Å²) < 4.78 is 29.7. The van der Waals surface area contributed by atoms with Crippen molar-refractivity contribution in [2.75, 3.05) is 23.5 Å². The maximum atomic E-state index is 12.7. The third-order valence-electron chi connectivity index (χ3n) is 5.48. The predicted molar refractivity (Wildman–Crippen MR) is 121 cm³/mol. The van der Waals surface area contributed by atoms with Gasteiger partial charge in [-0.2, -0.15) is 4.99 Å². The van der Waals surface area contributed by atoms with Gasteiger partial charge in [0, 0.05) is 10.9 Å². The quantitative estimate of drug-likeness (QED) is 0.721. The van der Waals surface area contributed by atoms with E-state index in [1.807, 2.05) is 61.2 Å². The number of carbonyl (C=O) groups is 1. The Balaban J connectivity index is 1.66. The number of aryl methyl sites for hydroxylation is 2. The molecule has 0 spiro atoms. The van der Waals surface area contributed by atoms with Crippen molar-refractivity contribution in [1.82, 2.24) is 0 Å². The number of rotatable bonds is 4. The third-order valence-corrected chi connectivity index (χ3v) is 8.69. The number of aliphatic imine (C=N–C) groups is 1. The van der Waals surface area contributed by atoms with Gasteiger partial charge in [0.05, 0.1) is 31.1 Å². The summed E-state index contributed by atoms with van der Waals surface area (Å²) in [5.74, 6) is 0.695. The molecular formula is C22H24N2O4S2. The minimum absolute atomic E-state index is 0.0874. The molecule has 2 atom stereocenters. The van der Waals surface area contributed by atoms with Gasteiger partial charge in [0.25, 0.3) is 5.91 Å². The highest BCUT2D eigenvalue weighted by Crippen LogP contribution is 2.43. The molecule has 30 heavy (non-hydrogen) atoms. The lowest BCUT2D eigenvalue weighted by molar-refractivity contribution is -0.117. The molecular weight excluding hydrogens is 420 g/mol. The first-order chi connectivity index (χ1) is 14.3. The van der Waals surface area contributed by atoms with E-state index in [1.165, 1.54) is 11.8 Å². The molecule has 2 unspecified atom stereocenters. The first-order valence-corrected chi connectivity index (χ1v) is 12.4. The van der Waals surface area contributed by atoms with Gasteiger partial charge in [-0.15, -0.1) is 0 Å². The van der Waals surface area contributed by atoms with Crippen molar-refractivity contribution in [3.8, 4) is 5.75 Å². The summed E-state index contributed by atoms with van der Waals surface area (Å²) in [6.45, 7) is 4.00. The maximum absolute atomic E-state index is 12.7. The molecule has 4 rings (SSSR count). The van der Waals surface area contributed by atoms with E-state index < -0.39 is 9.84 Å². The summed E-state index contributed by atoms with van der Waals surface area (Å²) in [6, 6.07) is 13.1. The number of para-hydroxylation sites is 1. The van der Waals surface area contributed by atoms with Crippen LogP contribution < -0.4 is 9.64 Å². The van der Waals surface area contributed by atoms with E-state index in [0.717, 1.165) is 28.1 Å². The Morgan fingerprint density at radius 1 is 1.13 bits per heavy atom. The number of nitrogens with zero attached hydrogens (tertiary/aromatic N) is 2. The van der Waals surface area contributed by atoms with Crippen molar-refractivity contribution in [2.24, 2.45) is 4.99 Å². The van der Waals surface area contributed by atoms with Crippen molar-refractivity contribution < 1.29 is 17.9 Å². The summed E-state index contributed by atoms with van der Waals surface area (Å²) in [4.78, 5) is 19.1. The van der Waals surface area contributed by atoms with Crippen molar-refractivity contribution in [3.63, 3.8) is 0 Å². The molecule has 2 aliphatic rings. The lowest BCUT2D eigenvalue weighted by Gasteiger charge is -2.28. The number of carbonyl (C=O) groups excluding carboxylic acids is 1. The Kier molecular flexibility index (Phi) is 5.63. The third kappa shape index (κ3) is 4.11. The second-order valence-corrected chi connectivity index (χ2v) is 11.1. The molecule has 2 saturated heterocycles. The van der Waals surface area contributed by atoms with Crippen LogP contribution in [-0.4, -0.2) is 49.4 Å². The number of thioether (sulfide) groups is 1. The van der Waals surface area contributed by atoms with Crippen molar-refractivity contribution in [1.29, 1.82) is 0 Å². The van der Waals surface area contributed by atoms with E-state index in [2.05, 4.69) is 4.99 Å². The smallest absolute Gasteiger partial charge is 0.252 e. The molecule has 8 heteroatoms. The van der Waals surface area contributed by atoms with Gasteiger partial charge in [0.1, 0.15) is 5.75 Å². The fourth-order valence-electron chi connectivity index (χ4n) is 4.08. The van der Waals surface area contributed by atoms with Crippen molar-refractivity contribution in [2.45, 2.75) is 31.6 Å². The highest BCUT2D eigenvalue weighted by Gasteiger charge is 2.49. The first-order valence-electron chi connectivity index (χ1n) is 9.74. The molecule has 2 heterocycles. The minimum Gasteiger partial charge on any atom is -0.497 e. The fourth-order valence-corrected chi connectivity index (χ4v) is 7.99. The van der Waals surface area contributed by atoms with Crippen LogP contribution in [0.2, 0.25) is 0 Å². The van der Waals surface area contributed by atoms with Gasteiger partial charge >= 0.3 is 0 Å². The lowest BCUT2D eigenvalue weighted by Crippen LogP contribution is -2.38. The van der Waals surface area contributed by atoms with Gasteiger partial charge < -0.3 is 9.64 Å². The summed E-state index contributed by atoms with van der Waals surface area (Å²) in [6.07, 6.45) is 0.183. The van der Waals surface area contributed by atoms with Crippen LogP contribution in [0.15, 0.2) is 47.5 Å². The Hall–Kier alpha value is -2.32. The molecule has 2 fully saturated rings. The number of amidine groups is 1. The van der Waals surface area contributed by atoms with Crippen LogP contribution in [0.1, 0.15) is 16.7 Å². The van der Waals surface area contributed by atoms with Gasteiger partial charge in [0.2, 0.25) is 0 Å². The predicted octanol–water partition coefficient (Wildman–Crippen LogP) is 3.16. The number of methoxy groups -OCH3 is 1. The molecule has 0 bridgehead atoms. The zero-order valence-corrected chi connectivity index (χ0v) is 18.8. The second kappa shape index (κ2) is 8.07. The number of anilines is 1. The van der Waals surface area contributed by atoms with Gasteiger partial charge in [-0.1, -0.05) is 42.1 Å². The van der Waals surface area contributed by atoms with Crippen LogP contribution in [0, 0.1) is 13.8 Å². The summed E-state index contributed by atoms with van der Waals surface area (Å²) in [5.41, 5.74) is 3.88. The molecule has 0 saturated carbocycles. The average molecular weight is 445 g/mol. The number of amides is 1. The van der Waals surface area contributed by atoms with Crippen LogP contribution >= 0.6 is 11.8 Å². The Morgan fingerprint density at radius 3 is 2.43 bits per heavy atom. The zero-order chi connectivity index (χ0) is 21.5. The molecule has 0 aliphatic carbocycles. The van der Waals surface area contributed by atoms with Gasteiger partial charge in [-0.05, 0) is 42.7 Å². The van der Waals surface area contributed by atoms with E-state index in [9.17, 15) is 13.2 Å². The van der Waals surface area contributed by atoms with Crippen LogP contribution in [0.5, 0.6) is 5.75 Å². The Morgan fingerprint density at radius 2 is 1.80 bits per heavy atom. The fraction of sp³-hybridized carbons (Fsp3) is 0.364. The van der Waals surface area contributed by atoms with E-state index in [-0.39, 0.29) is 35.1 Å². The lowest BCUT2D eigenvalue weighted by atomic mass is 10.1. The van der Waals surface area contributed by atoms with Crippen LogP contribution in [0.3, 0.4) is 0 Å². The molecule has 2 aromatic rings. The number of benzene rings is 2. The largest absolute Gasteiger partial charge is 0.497 e. The normalized spacial score (nSPS) is 23.6. The highest BCUT2D eigenvalue weighted by atomic mass is 32.2. The Bertz CT molecular complexity index is 1090. The summed E-state index contributed by atoms with van der Waals surface area (Å²) >= 11 is 1.40. The number of ether oxygens (including phenoxy) is 1. The average Bonchev–Trinajstić information content (AvgIpc) is 3.14. The molecule has 0 aromatic heterocycles. The molecule has 0 N–H and O–H groups in total. The first kappa shape index (κ1) is 20.9. The Labute approximate surface area is 181 Å². The molecule has 2 aromatic carbocycles. The van der Waals surface area contributed by atoms with E-state index in [4.69, 9.17) is 4.74 Å².